The van der Waals surface area contributed by atoms with Gasteiger partial charge in [-0.2, -0.15) is 0 Å². The molecule has 1 amide bonds. The number of carbonyl (C=O) groups is 1. The van der Waals surface area contributed by atoms with E-state index in [1.165, 1.54) is 23.8 Å². The Hall–Kier alpha value is -4.05. The minimum absolute atomic E-state index is 0.0742. The van der Waals surface area contributed by atoms with Crippen molar-refractivity contribution in [2.75, 3.05) is 17.2 Å². The predicted octanol–water partition coefficient (Wildman–Crippen LogP) is 5.77. The average molecular weight is 545 g/mol. The van der Waals surface area contributed by atoms with Gasteiger partial charge in [0.15, 0.2) is 11.6 Å². The van der Waals surface area contributed by atoms with Crippen LogP contribution < -0.4 is 16.0 Å². The lowest BCUT2D eigenvalue weighted by Gasteiger charge is -2.15. The fourth-order valence-electron chi connectivity index (χ4n) is 4.44. The van der Waals surface area contributed by atoms with Crippen molar-refractivity contribution in [3.63, 3.8) is 0 Å². The molecule has 0 saturated heterocycles. The van der Waals surface area contributed by atoms with E-state index in [0.29, 0.717) is 29.5 Å². The third kappa shape index (κ3) is 5.85. The molecule has 0 radical (unpaired) electrons. The maximum Gasteiger partial charge on any atom is 0.255 e. The Morgan fingerprint density at radius 3 is 2.74 bits per heavy atom. The summed E-state index contributed by atoms with van der Waals surface area (Å²) in [5, 5.41) is 10.9. The van der Waals surface area contributed by atoms with E-state index in [9.17, 15) is 13.6 Å². The average Bonchev–Trinajstić information content (AvgIpc) is 3.65. The molecule has 1 atom stereocenters. The van der Waals surface area contributed by atoms with Gasteiger partial charge in [0.25, 0.3) is 5.91 Å². The van der Waals surface area contributed by atoms with Crippen LogP contribution in [0, 0.1) is 11.6 Å². The fourth-order valence-corrected chi connectivity index (χ4v) is 5.61. The van der Waals surface area contributed by atoms with Crippen molar-refractivity contribution in [2.45, 2.75) is 37.1 Å². The van der Waals surface area contributed by atoms with Crippen molar-refractivity contribution < 1.29 is 13.6 Å². The molecule has 198 valence electrons. The number of nitrogens with one attached hydrogen (secondary N) is 3. The molecule has 39 heavy (non-hydrogen) atoms. The van der Waals surface area contributed by atoms with E-state index in [4.69, 9.17) is 0 Å². The number of carbonyl (C=O) groups excluding carboxylic acids is 1. The van der Waals surface area contributed by atoms with Gasteiger partial charge in [0, 0.05) is 40.9 Å². The van der Waals surface area contributed by atoms with Crippen molar-refractivity contribution in [3.8, 4) is 0 Å². The van der Waals surface area contributed by atoms with Crippen LogP contribution in [0.3, 0.4) is 0 Å². The number of aromatic nitrogens is 3. The van der Waals surface area contributed by atoms with E-state index >= 15 is 0 Å². The summed E-state index contributed by atoms with van der Waals surface area (Å²) < 4.78 is 26.7. The first-order valence-electron chi connectivity index (χ1n) is 12.8. The van der Waals surface area contributed by atoms with E-state index in [-0.39, 0.29) is 17.7 Å². The van der Waals surface area contributed by atoms with Gasteiger partial charge in [0.2, 0.25) is 0 Å². The summed E-state index contributed by atoms with van der Waals surface area (Å²) in [4.78, 5) is 27.3. The molecule has 7 nitrogen and oxygen atoms in total. The number of hydrogen-bond donors (Lipinski definition) is 3. The van der Waals surface area contributed by atoms with Crippen molar-refractivity contribution >= 4 is 45.1 Å². The molecule has 1 saturated carbocycles. The zero-order valence-corrected chi connectivity index (χ0v) is 21.8. The maximum atomic E-state index is 13.5. The van der Waals surface area contributed by atoms with Gasteiger partial charge in [-0.05, 0) is 66.8 Å². The third-order valence-electron chi connectivity index (χ3n) is 6.68. The van der Waals surface area contributed by atoms with Crippen LogP contribution in [0.5, 0.6) is 0 Å². The van der Waals surface area contributed by atoms with Crippen LogP contribution in [-0.4, -0.2) is 38.7 Å². The third-order valence-corrected chi connectivity index (χ3v) is 8.03. The Labute approximate surface area is 228 Å². The van der Waals surface area contributed by atoms with Gasteiger partial charge < -0.3 is 16.0 Å². The first kappa shape index (κ1) is 25.2. The van der Waals surface area contributed by atoms with E-state index in [1.807, 2.05) is 6.07 Å². The number of rotatable bonds is 9. The van der Waals surface area contributed by atoms with Crippen LogP contribution in [0.4, 0.5) is 20.4 Å². The Morgan fingerprint density at radius 2 is 1.90 bits per heavy atom. The lowest BCUT2D eigenvalue weighted by Crippen LogP contribution is -2.25. The molecule has 0 spiro atoms. The van der Waals surface area contributed by atoms with Crippen molar-refractivity contribution in [2.24, 2.45) is 0 Å². The van der Waals surface area contributed by atoms with Crippen LogP contribution in [0.2, 0.25) is 0 Å². The largest absolute Gasteiger partial charge is 0.368 e. The van der Waals surface area contributed by atoms with Crippen LogP contribution in [0.25, 0.3) is 15.8 Å². The van der Waals surface area contributed by atoms with Gasteiger partial charge >= 0.3 is 0 Å². The van der Waals surface area contributed by atoms with E-state index in [1.54, 1.807) is 36.4 Å². The summed E-state index contributed by atoms with van der Waals surface area (Å²) in [7, 11) is 0. The van der Waals surface area contributed by atoms with E-state index < -0.39 is 11.6 Å². The molecule has 2 aliphatic rings. The molecule has 2 aromatic carbocycles. The number of anilines is 2. The standard InChI is InChI=1S/C29H26F2N6OS/c30-23-8-3-17(12-24(23)31)14-34-29(38)21-2-1-11-32-27(21)33-15-20-7-10-26(39-20)18-4-9-25-22(13-18)28(36-16-35-25)37-19-5-6-19/h1-4,8-13,16,19-20H,5-7,14-15H2,(H,32,33)(H,34,38)(H,35,36,37). The molecular weight excluding hydrogens is 518 g/mol. The second-order valence-electron chi connectivity index (χ2n) is 9.63. The molecule has 3 N–H and O–H groups in total. The van der Waals surface area contributed by atoms with Crippen molar-refractivity contribution in [3.05, 3.63) is 95.5 Å². The zero-order chi connectivity index (χ0) is 26.8. The summed E-state index contributed by atoms with van der Waals surface area (Å²) in [6, 6.07) is 13.7. The van der Waals surface area contributed by atoms with Crippen LogP contribution in [-0.2, 0) is 6.54 Å². The molecular formula is C29H26F2N6OS. The first-order valence-corrected chi connectivity index (χ1v) is 13.7. The van der Waals surface area contributed by atoms with Gasteiger partial charge in [-0.3, -0.25) is 4.79 Å². The normalized spacial score (nSPS) is 16.7. The van der Waals surface area contributed by atoms with E-state index in [2.05, 4.69) is 49.1 Å². The first-order chi connectivity index (χ1) is 19.0. The van der Waals surface area contributed by atoms with Gasteiger partial charge in [-0.1, -0.05) is 18.2 Å². The second-order valence-corrected chi connectivity index (χ2v) is 11.0. The minimum Gasteiger partial charge on any atom is -0.368 e. The Bertz CT molecular complexity index is 1570. The summed E-state index contributed by atoms with van der Waals surface area (Å²) in [6.45, 7) is 0.696. The van der Waals surface area contributed by atoms with Gasteiger partial charge in [-0.25, -0.2) is 23.7 Å². The summed E-state index contributed by atoms with van der Waals surface area (Å²) in [6.07, 6.45) is 8.71. The molecule has 0 bridgehead atoms. The quantitative estimate of drug-likeness (QED) is 0.247. The summed E-state index contributed by atoms with van der Waals surface area (Å²) in [5.74, 6) is -0.844. The summed E-state index contributed by atoms with van der Waals surface area (Å²) >= 11 is 1.79. The highest BCUT2D eigenvalue weighted by atomic mass is 32.2. The Kier molecular flexibility index (Phi) is 7.10. The predicted molar refractivity (Wildman–Crippen MR) is 150 cm³/mol. The highest BCUT2D eigenvalue weighted by Crippen LogP contribution is 2.40. The molecule has 10 heteroatoms. The second kappa shape index (κ2) is 11.0. The number of amides is 1. The lowest BCUT2D eigenvalue weighted by molar-refractivity contribution is 0.0951. The maximum absolute atomic E-state index is 13.5. The number of allylic oxidation sites excluding steroid dienone is 1. The number of hydrogen-bond acceptors (Lipinski definition) is 7. The zero-order valence-electron chi connectivity index (χ0n) is 21.0. The van der Waals surface area contributed by atoms with Crippen LogP contribution in [0.1, 0.15) is 40.7 Å². The Balaban J connectivity index is 1.08. The Morgan fingerprint density at radius 1 is 1.00 bits per heavy atom. The molecule has 4 aromatic rings. The highest BCUT2D eigenvalue weighted by molar-refractivity contribution is 8.09. The monoisotopic (exact) mass is 544 g/mol. The lowest BCUT2D eigenvalue weighted by atomic mass is 10.1. The van der Waals surface area contributed by atoms with Crippen molar-refractivity contribution in [1.82, 2.24) is 20.3 Å². The van der Waals surface area contributed by atoms with Gasteiger partial charge in [0.05, 0.1) is 11.1 Å². The summed E-state index contributed by atoms with van der Waals surface area (Å²) in [5.41, 5.74) is 2.92. The number of fused-ring (bicyclic) bond motifs is 1. The number of thioether (sulfide) groups is 1. The SMILES string of the molecule is O=C(NCc1ccc(F)c(F)c1)c1cccnc1NCC1CC=C(c2ccc3ncnc(NC4CC4)c3c2)S1. The molecule has 1 aliphatic heterocycles. The van der Waals surface area contributed by atoms with Crippen LogP contribution >= 0.6 is 11.8 Å². The molecule has 1 aliphatic carbocycles. The van der Waals surface area contributed by atoms with Crippen molar-refractivity contribution in [1.29, 1.82) is 0 Å². The molecule has 2 aromatic heterocycles. The topological polar surface area (TPSA) is 91.8 Å². The molecule has 6 rings (SSSR count). The number of pyridine rings is 1. The number of benzene rings is 2. The van der Waals surface area contributed by atoms with Gasteiger partial charge in [0.1, 0.15) is 18.0 Å². The molecule has 1 fully saturated rings. The number of nitrogens with zero attached hydrogens (tertiary/aromatic N) is 3. The minimum atomic E-state index is -0.945. The van der Waals surface area contributed by atoms with E-state index in [0.717, 1.165) is 40.8 Å². The van der Waals surface area contributed by atoms with Gasteiger partial charge in [-0.15, -0.1) is 11.8 Å². The smallest absolute Gasteiger partial charge is 0.255 e. The highest BCUT2D eigenvalue weighted by Gasteiger charge is 2.24. The molecule has 3 heterocycles. The molecule has 1 unspecified atom stereocenters. The van der Waals surface area contributed by atoms with Crippen LogP contribution in [0.15, 0.2) is 67.1 Å². The fraction of sp³-hybridized carbons (Fsp3) is 0.241. The number of halogens is 2.